The van der Waals surface area contributed by atoms with Crippen molar-refractivity contribution in [1.82, 2.24) is 4.90 Å². The third-order valence-electron chi connectivity index (χ3n) is 5.28. The first-order valence-corrected chi connectivity index (χ1v) is 8.52. The second-order valence-corrected chi connectivity index (χ2v) is 6.54. The summed E-state index contributed by atoms with van der Waals surface area (Å²) < 4.78 is 0. The molecule has 2 nitrogen and oxygen atoms in total. The molecule has 3 rings (SSSR count). The molecule has 2 heteroatoms. The van der Waals surface area contributed by atoms with Gasteiger partial charge in [-0.25, -0.2) is 0 Å². The Labute approximate surface area is 129 Å². The van der Waals surface area contributed by atoms with E-state index in [2.05, 4.69) is 60.5 Å². The van der Waals surface area contributed by atoms with Gasteiger partial charge < -0.3 is 5.32 Å². The Morgan fingerprint density at radius 1 is 1.10 bits per heavy atom. The van der Waals surface area contributed by atoms with Gasteiger partial charge >= 0.3 is 0 Å². The molecule has 2 aliphatic carbocycles. The van der Waals surface area contributed by atoms with Crippen molar-refractivity contribution in [3.8, 4) is 0 Å². The zero-order valence-corrected chi connectivity index (χ0v) is 13.4. The largest absolute Gasteiger partial charge is 0.384 e. The minimum atomic E-state index is 0.831. The van der Waals surface area contributed by atoms with Gasteiger partial charge in [0.15, 0.2) is 0 Å². The van der Waals surface area contributed by atoms with Gasteiger partial charge in [-0.1, -0.05) is 44.2 Å². The topological polar surface area (TPSA) is 15.3 Å². The van der Waals surface area contributed by atoms with Gasteiger partial charge in [0.25, 0.3) is 0 Å². The van der Waals surface area contributed by atoms with Crippen LogP contribution in [0, 0.1) is 17.8 Å². The lowest BCUT2D eigenvalue weighted by Crippen LogP contribution is -2.24. The molecular formula is C19H28N2. The molecule has 1 aromatic carbocycles. The number of benzene rings is 1. The molecule has 2 aliphatic rings. The monoisotopic (exact) mass is 284 g/mol. The summed E-state index contributed by atoms with van der Waals surface area (Å²) in [4.78, 5) is 2.47. The van der Waals surface area contributed by atoms with Crippen LogP contribution in [0.3, 0.4) is 0 Å². The van der Waals surface area contributed by atoms with Crippen LogP contribution in [0.1, 0.15) is 32.3 Å². The van der Waals surface area contributed by atoms with Crippen LogP contribution < -0.4 is 5.32 Å². The Kier molecular flexibility index (Phi) is 4.64. The minimum absolute atomic E-state index is 0.831. The first-order chi connectivity index (χ1) is 10.3. The molecule has 0 spiro atoms. The normalized spacial score (nSPS) is 26.7. The van der Waals surface area contributed by atoms with E-state index in [1.165, 1.54) is 24.1 Å². The molecule has 2 bridgehead atoms. The average Bonchev–Trinajstić information content (AvgIpc) is 3.14. The van der Waals surface area contributed by atoms with E-state index < -0.39 is 0 Å². The molecule has 1 saturated carbocycles. The fourth-order valence-electron chi connectivity index (χ4n) is 3.89. The summed E-state index contributed by atoms with van der Waals surface area (Å²) in [5.41, 5.74) is 2.76. The van der Waals surface area contributed by atoms with Crippen LogP contribution in [0.2, 0.25) is 0 Å². The van der Waals surface area contributed by atoms with Crippen LogP contribution >= 0.6 is 0 Å². The van der Waals surface area contributed by atoms with Crippen LogP contribution in [0.5, 0.6) is 0 Å². The molecule has 0 amide bonds. The molecular weight excluding hydrogens is 256 g/mol. The molecule has 0 saturated heterocycles. The summed E-state index contributed by atoms with van der Waals surface area (Å²) >= 11 is 0. The molecule has 1 fully saturated rings. The molecule has 0 aliphatic heterocycles. The molecule has 0 aromatic heterocycles. The first kappa shape index (κ1) is 14.6. The highest BCUT2D eigenvalue weighted by Gasteiger charge is 2.35. The Morgan fingerprint density at radius 3 is 2.57 bits per heavy atom. The van der Waals surface area contributed by atoms with Crippen molar-refractivity contribution in [3.05, 3.63) is 42.0 Å². The second kappa shape index (κ2) is 6.65. The molecule has 0 heterocycles. The first-order valence-electron chi connectivity index (χ1n) is 8.52. The Hall–Kier alpha value is -1.28. The predicted octanol–water partition coefficient (Wildman–Crippen LogP) is 4.15. The van der Waals surface area contributed by atoms with Crippen LogP contribution in [-0.2, 0) is 6.54 Å². The van der Waals surface area contributed by atoms with E-state index in [1.54, 1.807) is 0 Å². The fourth-order valence-corrected chi connectivity index (χ4v) is 3.89. The van der Waals surface area contributed by atoms with E-state index in [-0.39, 0.29) is 0 Å². The van der Waals surface area contributed by atoms with Crippen LogP contribution in [0.4, 0.5) is 5.69 Å². The van der Waals surface area contributed by atoms with E-state index in [0.717, 1.165) is 43.9 Å². The number of rotatable bonds is 7. The van der Waals surface area contributed by atoms with Gasteiger partial charge in [-0.2, -0.15) is 0 Å². The minimum Gasteiger partial charge on any atom is -0.384 e. The molecule has 21 heavy (non-hydrogen) atoms. The average molecular weight is 284 g/mol. The maximum Gasteiger partial charge on any atom is 0.0385 e. The number of nitrogens with one attached hydrogen (secondary N) is 1. The van der Waals surface area contributed by atoms with Crippen molar-refractivity contribution in [1.29, 1.82) is 0 Å². The van der Waals surface area contributed by atoms with Gasteiger partial charge in [-0.3, -0.25) is 4.90 Å². The highest BCUT2D eigenvalue weighted by atomic mass is 15.1. The standard InChI is InChI=1S/C19H28N2/c1-3-21(4-2)14-17-7-5-6-8-19(17)20-13-18-12-15-9-10-16(18)11-15/h5-10,15-16,18,20H,3-4,11-14H2,1-2H3. The van der Waals surface area contributed by atoms with Crippen molar-refractivity contribution in [2.75, 3.05) is 25.0 Å². The molecule has 1 aromatic rings. The summed E-state index contributed by atoms with van der Waals surface area (Å²) in [5.74, 6) is 2.53. The van der Waals surface area contributed by atoms with Crippen molar-refractivity contribution >= 4 is 5.69 Å². The molecule has 1 N–H and O–H groups in total. The number of anilines is 1. The van der Waals surface area contributed by atoms with Gasteiger partial charge in [0.2, 0.25) is 0 Å². The molecule has 114 valence electrons. The van der Waals surface area contributed by atoms with Crippen LogP contribution in [0.15, 0.2) is 36.4 Å². The smallest absolute Gasteiger partial charge is 0.0385 e. The quantitative estimate of drug-likeness (QED) is 0.757. The number of allylic oxidation sites excluding steroid dienone is 2. The number of hydrogen-bond acceptors (Lipinski definition) is 2. The van der Waals surface area contributed by atoms with Gasteiger partial charge in [-0.15, -0.1) is 0 Å². The highest BCUT2D eigenvalue weighted by molar-refractivity contribution is 5.51. The van der Waals surface area contributed by atoms with Crippen molar-refractivity contribution < 1.29 is 0 Å². The number of fused-ring (bicyclic) bond motifs is 2. The summed E-state index contributed by atoms with van der Waals surface area (Å²) in [6.45, 7) is 8.87. The lowest BCUT2D eigenvalue weighted by molar-refractivity contribution is 0.296. The van der Waals surface area contributed by atoms with Crippen LogP contribution in [0.25, 0.3) is 0 Å². The zero-order valence-electron chi connectivity index (χ0n) is 13.4. The van der Waals surface area contributed by atoms with Crippen LogP contribution in [-0.4, -0.2) is 24.5 Å². The lowest BCUT2D eigenvalue weighted by atomic mass is 9.93. The van der Waals surface area contributed by atoms with E-state index in [1.807, 2.05) is 0 Å². The highest BCUT2D eigenvalue weighted by Crippen LogP contribution is 2.43. The molecule has 0 radical (unpaired) electrons. The number of nitrogens with zero attached hydrogens (tertiary/aromatic N) is 1. The molecule has 3 unspecified atom stereocenters. The summed E-state index contributed by atoms with van der Waals surface area (Å²) in [6.07, 6.45) is 7.65. The third-order valence-corrected chi connectivity index (χ3v) is 5.28. The Bertz CT molecular complexity index is 490. The maximum absolute atomic E-state index is 3.73. The van der Waals surface area contributed by atoms with E-state index in [4.69, 9.17) is 0 Å². The van der Waals surface area contributed by atoms with Crippen molar-refractivity contribution in [2.45, 2.75) is 33.2 Å². The Morgan fingerprint density at radius 2 is 1.90 bits per heavy atom. The third kappa shape index (κ3) is 3.32. The Balaban J connectivity index is 1.61. The van der Waals surface area contributed by atoms with E-state index in [0.29, 0.717) is 0 Å². The van der Waals surface area contributed by atoms with E-state index >= 15 is 0 Å². The van der Waals surface area contributed by atoms with Gasteiger partial charge in [0.1, 0.15) is 0 Å². The lowest BCUT2D eigenvalue weighted by Gasteiger charge is -2.23. The predicted molar refractivity (Wildman–Crippen MR) is 90.4 cm³/mol. The maximum atomic E-state index is 3.73. The second-order valence-electron chi connectivity index (χ2n) is 6.54. The zero-order chi connectivity index (χ0) is 14.7. The summed E-state index contributed by atoms with van der Waals surface area (Å²) in [5, 5.41) is 3.73. The SMILES string of the molecule is CCN(CC)Cc1ccccc1NCC1CC2C=CC1C2. The summed E-state index contributed by atoms with van der Waals surface area (Å²) in [6, 6.07) is 8.81. The van der Waals surface area contributed by atoms with Gasteiger partial charge in [0, 0.05) is 18.8 Å². The number of hydrogen-bond donors (Lipinski definition) is 1. The fraction of sp³-hybridized carbons (Fsp3) is 0.579. The van der Waals surface area contributed by atoms with Gasteiger partial charge in [-0.05, 0) is 55.3 Å². The van der Waals surface area contributed by atoms with Crippen molar-refractivity contribution in [2.24, 2.45) is 17.8 Å². The molecule has 3 atom stereocenters. The van der Waals surface area contributed by atoms with Crippen molar-refractivity contribution in [3.63, 3.8) is 0 Å². The summed E-state index contributed by atoms with van der Waals surface area (Å²) in [7, 11) is 0. The van der Waals surface area contributed by atoms with E-state index in [9.17, 15) is 0 Å². The van der Waals surface area contributed by atoms with Gasteiger partial charge in [0.05, 0.1) is 0 Å². The number of para-hydroxylation sites is 1.